The molecule has 0 aliphatic carbocycles. The van der Waals surface area contributed by atoms with Crippen LogP contribution in [0.15, 0.2) is 70.6 Å². The van der Waals surface area contributed by atoms with Crippen molar-refractivity contribution in [3.63, 3.8) is 0 Å². The summed E-state index contributed by atoms with van der Waals surface area (Å²) in [6.07, 6.45) is 3.67. The molecular weight excluding hydrogens is 454 g/mol. The maximum absolute atomic E-state index is 13.9. The van der Waals surface area contributed by atoms with Crippen LogP contribution in [0.4, 0.5) is 0 Å². The smallest absolute Gasteiger partial charge is 0.339 e. The molecule has 1 unspecified atom stereocenters. The molecule has 0 saturated heterocycles. The van der Waals surface area contributed by atoms with Gasteiger partial charge >= 0.3 is 5.97 Å². The molecule has 1 aliphatic rings. The summed E-state index contributed by atoms with van der Waals surface area (Å²) >= 11 is 0. The number of amides is 1. The van der Waals surface area contributed by atoms with Gasteiger partial charge in [0.2, 0.25) is 5.72 Å². The number of esters is 1. The Labute approximate surface area is 201 Å². The summed E-state index contributed by atoms with van der Waals surface area (Å²) < 4.78 is 39.5. The number of methoxy groups -OCH3 is 2. The summed E-state index contributed by atoms with van der Waals surface area (Å²) in [7, 11) is -1.91. The largest absolute Gasteiger partial charge is 0.466 e. The quantitative estimate of drug-likeness (QED) is 0.364. The van der Waals surface area contributed by atoms with E-state index in [9.17, 15) is 18.0 Å². The van der Waals surface area contributed by atoms with E-state index in [2.05, 4.69) is 6.92 Å². The fourth-order valence-electron chi connectivity index (χ4n) is 4.33. The van der Waals surface area contributed by atoms with Gasteiger partial charge in [0, 0.05) is 18.2 Å². The van der Waals surface area contributed by atoms with Crippen LogP contribution in [0.2, 0.25) is 0 Å². The highest BCUT2D eigenvalue weighted by molar-refractivity contribution is 7.89. The zero-order valence-corrected chi connectivity index (χ0v) is 20.9. The average molecular weight is 486 g/mol. The molecule has 0 saturated carbocycles. The minimum Gasteiger partial charge on any atom is -0.466 e. The van der Waals surface area contributed by atoms with Crippen LogP contribution in [0.1, 0.15) is 50.2 Å². The fraction of sp³-hybridized carbons (Fsp3) is 0.385. The number of hydrogen-bond acceptors (Lipinski definition) is 6. The lowest BCUT2D eigenvalue weighted by Gasteiger charge is -2.37. The van der Waals surface area contributed by atoms with Crippen LogP contribution < -0.4 is 0 Å². The second kappa shape index (κ2) is 10.5. The SMILES string of the molecule is CCCCCCC1=C(C(=O)OC)C(OC)(c2ccccc2)N(S(=O)(=O)c2ccc(C)cc2)C1=O. The zero-order chi connectivity index (χ0) is 24.9. The summed E-state index contributed by atoms with van der Waals surface area (Å²) in [4.78, 5) is 26.9. The number of carbonyl (C=O) groups excluding carboxylic acids is 2. The first-order valence-electron chi connectivity index (χ1n) is 11.3. The number of carbonyl (C=O) groups is 2. The highest BCUT2D eigenvalue weighted by Gasteiger charge is 2.61. The number of aryl methyl sites for hydroxylation is 1. The third kappa shape index (κ3) is 4.40. The van der Waals surface area contributed by atoms with Gasteiger partial charge in [0.25, 0.3) is 15.9 Å². The Kier molecular flexibility index (Phi) is 7.94. The number of nitrogens with zero attached hydrogens (tertiary/aromatic N) is 1. The molecule has 1 heterocycles. The van der Waals surface area contributed by atoms with Gasteiger partial charge in [-0.1, -0.05) is 74.2 Å². The van der Waals surface area contributed by atoms with E-state index in [1.165, 1.54) is 26.4 Å². The molecule has 1 atom stereocenters. The number of benzene rings is 2. The molecule has 0 bridgehead atoms. The first-order chi connectivity index (χ1) is 16.2. The Balaban J connectivity index is 2.29. The Bertz CT molecular complexity index is 1170. The second-order valence-corrected chi connectivity index (χ2v) is 10.0. The Morgan fingerprint density at radius 1 is 0.971 bits per heavy atom. The van der Waals surface area contributed by atoms with Gasteiger partial charge in [0.05, 0.1) is 12.0 Å². The van der Waals surface area contributed by atoms with Crippen LogP contribution in [0.5, 0.6) is 0 Å². The van der Waals surface area contributed by atoms with Crippen molar-refractivity contribution in [2.24, 2.45) is 0 Å². The van der Waals surface area contributed by atoms with Crippen molar-refractivity contribution in [2.45, 2.75) is 56.6 Å². The van der Waals surface area contributed by atoms with Crippen LogP contribution in [-0.2, 0) is 34.8 Å². The van der Waals surface area contributed by atoms with E-state index in [1.54, 1.807) is 42.5 Å². The third-order valence-corrected chi connectivity index (χ3v) is 7.83. The van der Waals surface area contributed by atoms with Crippen molar-refractivity contribution in [1.29, 1.82) is 0 Å². The van der Waals surface area contributed by atoms with Crippen LogP contribution >= 0.6 is 0 Å². The first-order valence-corrected chi connectivity index (χ1v) is 12.8. The van der Waals surface area contributed by atoms with Crippen LogP contribution in [0.25, 0.3) is 0 Å². The third-order valence-electron chi connectivity index (χ3n) is 6.06. The molecular formula is C26H31NO6S. The van der Waals surface area contributed by atoms with E-state index < -0.39 is 27.6 Å². The molecule has 0 spiro atoms. The molecule has 34 heavy (non-hydrogen) atoms. The molecule has 0 fully saturated rings. The minimum atomic E-state index is -4.41. The first kappa shape index (κ1) is 25.6. The predicted octanol–water partition coefficient (Wildman–Crippen LogP) is 4.47. The van der Waals surface area contributed by atoms with Gasteiger partial charge in [0.1, 0.15) is 5.57 Å². The molecule has 1 amide bonds. The molecule has 2 aromatic carbocycles. The summed E-state index contributed by atoms with van der Waals surface area (Å²) in [6.45, 7) is 3.91. The molecule has 7 nitrogen and oxygen atoms in total. The molecule has 0 aromatic heterocycles. The van der Waals surface area contributed by atoms with Gasteiger partial charge in [-0.05, 0) is 31.9 Å². The summed E-state index contributed by atoms with van der Waals surface area (Å²) in [5, 5.41) is 0. The number of sulfonamides is 1. The Morgan fingerprint density at radius 3 is 2.18 bits per heavy atom. The lowest BCUT2D eigenvalue weighted by atomic mass is 9.92. The van der Waals surface area contributed by atoms with Crippen molar-refractivity contribution in [3.05, 3.63) is 76.9 Å². The van der Waals surface area contributed by atoms with Crippen molar-refractivity contribution in [2.75, 3.05) is 14.2 Å². The lowest BCUT2D eigenvalue weighted by Crippen LogP contribution is -2.51. The topological polar surface area (TPSA) is 90.0 Å². The van der Waals surface area contributed by atoms with E-state index in [1.807, 2.05) is 6.92 Å². The Morgan fingerprint density at radius 2 is 1.62 bits per heavy atom. The van der Waals surface area contributed by atoms with E-state index in [-0.39, 0.29) is 22.5 Å². The maximum atomic E-state index is 13.9. The van der Waals surface area contributed by atoms with Crippen molar-refractivity contribution in [1.82, 2.24) is 4.31 Å². The zero-order valence-electron chi connectivity index (χ0n) is 20.0. The monoisotopic (exact) mass is 485 g/mol. The molecule has 3 rings (SSSR count). The van der Waals surface area contributed by atoms with Crippen LogP contribution in [-0.4, -0.2) is 38.8 Å². The van der Waals surface area contributed by atoms with Gasteiger partial charge in [-0.3, -0.25) is 4.79 Å². The van der Waals surface area contributed by atoms with Crippen LogP contribution in [0, 0.1) is 6.92 Å². The predicted molar refractivity (Wildman–Crippen MR) is 128 cm³/mol. The van der Waals surface area contributed by atoms with Gasteiger partial charge in [0.15, 0.2) is 0 Å². The molecule has 0 N–H and O–H groups in total. The van der Waals surface area contributed by atoms with E-state index >= 15 is 0 Å². The molecule has 182 valence electrons. The van der Waals surface area contributed by atoms with Gasteiger partial charge in [-0.2, -0.15) is 4.31 Å². The summed E-state index contributed by atoms with van der Waals surface area (Å²) in [6, 6.07) is 14.6. The normalized spacial score (nSPS) is 18.5. The lowest BCUT2D eigenvalue weighted by molar-refractivity contribution is -0.146. The average Bonchev–Trinajstić information content (AvgIpc) is 3.11. The minimum absolute atomic E-state index is 0.0692. The van der Waals surface area contributed by atoms with Crippen molar-refractivity contribution < 1.29 is 27.5 Å². The number of unbranched alkanes of at least 4 members (excludes halogenated alkanes) is 3. The fourth-order valence-corrected chi connectivity index (χ4v) is 5.95. The summed E-state index contributed by atoms with van der Waals surface area (Å²) in [5.41, 5.74) is -0.775. The molecule has 1 aliphatic heterocycles. The number of ether oxygens (including phenoxy) is 2. The van der Waals surface area contributed by atoms with E-state index in [0.29, 0.717) is 16.3 Å². The van der Waals surface area contributed by atoms with E-state index in [0.717, 1.165) is 24.8 Å². The van der Waals surface area contributed by atoms with Gasteiger partial charge < -0.3 is 9.47 Å². The number of hydrogen-bond donors (Lipinski definition) is 0. The number of rotatable bonds is 10. The van der Waals surface area contributed by atoms with Crippen LogP contribution in [0.3, 0.4) is 0 Å². The van der Waals surface area contributed by atoms with Gasteiger partial charge in [-0.15, -0.1) is 0 Å². The second-order valence-electron chi connectivity index (χ2n) is 8.26. The van der Waals surface area contributed by atoms with Gasteiger partial charge in [-0.25, -0.2) is 13.2 Å². The molecule has 0 radical (unpaired) electrons. The highest BCUT2D eigenvalue weighted by atomic mass is 32.2. The molecule has 8 heteroatoms. The summed E-state index contributed by atoms with van der Waals surface area (Å²) in [5.74, 6) is -1.57. The van der Waals surface area contributed by atoms with Crippen molar-refractivity contribution >= 4 is 21.9 Å². The maximum Gasteiger partial charge on any atom is 0.339 e. The highest BCUT2D eigenvalue weighted by Crippen LogP contribution is 2.49. The Hall–Kier alpha value is -2.97. The van der Waals surface area contributed by atoms with E-state index in [4.69, 9.17) is 9.47 Å². The standard InChI is InChI=1S/C26H31NO6S/c1-5-6-7-11-14-22-23(25(29)32-3)26(33-4,20-12-9-8-10-13-20)27(24(22)28)34(30,31)21-17-15-19(2)16-18-21/h8-10,12-13,15-18H,5-7,11,14H2,1-4H3. The molecule has 2 aromatic rings. The van der Waals surface area contributed by atoms with Crippen molar-refractivity contribution in [3.8, 4) is 0 Å².